The summed E-state index contributed by atoms with van der Waals surface area (Å²) in [6.45, 7) is 2.21. The third-order valence-corrected chi connectivity index (χ3v) is 4.81. The Hall–Kier alpha value is -1.89. The minimum Gasteiger partial charge on any atom is -0.481 e. The first-order valence-corrected chi connectivity index (χ1v) is 8.25. The van der Waals surface area contributed by atoms with Gasteiger partial charge >= 0.3 is 5.97 Å². The smallest absolute Gasteiger partial charge is 0.303 e. The first-order valence-electron chi connectivity index (χ1n) is 7.37. The quantitative estimate of drug-likeness (QED) is 0.721. The number of carboxylic acid groups (broad SMARTS) is 1. The Kier molecular flexibility index (Phi) is 5.54. The number of thiophene rings is 1. The molecule has 22 heavy (non-hydrogen) atoms. The van der Waals surface area contributed by atoms with Gasteiger partial charge in [-0.25, -0.2) is 0 Å². The van der Waals surface area contributed by atoms with Crippen molar-refractivity contribution in [3.05, 3.63) is 21.4 Å². The molecule has 1 aromatic rings. The van der Waals surface area contributed by atoms with Crippen LogP contribution in [-0.4, -0.2) is 22.9 Å². The van der Waals surface area contributed by atoms with Gasteiger partial charge in [0.15, 0.2) is 0 Å². The number of carbonyl (C=O) groups excluding carboxylic acids is 2. The molecule has 1 atom stereocenters. The maximum Gasteiger partial charge on any atom is 0.303 e. The summed E-state index contributed by atoms with van der Waals surface area (Å²) in [7, 11) is 0. The predicted octanol–water partition coefficient (Wildman–Crippen LogP) is 1.89. The van der Waals surface area contributed by atoms with Crippen molar-refractivity contribution in [1.29, 1.82) is 0 Å². The predicted molar refractivity (Wildman–Crippen MR) is 82.6 cm³/mol. The lowest BCUT2D eigenvalue weighted by Gasteiger charge is -2.18. The van der Waals surface area contributed by atoms with Gasteiger partial charge in [-0.05, 0) is 37.2 Å². The van der Waals surface area contributed by atoms with Crippen LogP contribution in [0.4, 0.5) is 0 Å². The molecule has 0 aliphatic heterocycles. The molecule has 0 bridgehead atoms. The second-order valence-corrected chi connectivity index (χ2v) is 6.61. The van der Waals surface area contributed by atoms with E-state index in [1.165, 1.54) is 4.88 Å². The Morgan fingerprint density at radius 2 is 2.09 bits per heavy atom. The van der Waals surface area contributed by atoms with Crippen molar-refractivity contribution in [2.24, 2.45) is 5.92 Å². The van der Waals surface area contributed by atoms with E-state index in [1.54, 1.807) is 11.3 Å². The van der Waals surface area contributed by atoms with Gasteiger partial charge in [0.05, 0.1) is 5.56 Å². The zero-order valence-corrected chi connectivity index (χ0v) is 13.3. The molecule has 0 fully saturated rings. The third kappa shape index (κ3) is 4.30. The standard InChI is InChI=1S/C15H20N2O4S/c1-9-5-6-10-11(8-22-12(10)7-9)15(21)17-16-13(18)3-2-4-14(19)20/h8-9H,2-7H2,1H3,(H,16,18)(H,17,21)(H,19,20). The molecule has 120 valence electrons. The summed E-state index contributed by atoms with van der Waals surface area (Å²) in [6.07, 6.45) is 3.25. The average Bonchev–Trinajstić information content (AvgIpc) is 2.87. The number of aliphatic carboxylic acids is 1. The highest BCUT2D eigenvalue weighted by molar-refractivity contribution is 7.10. The van der Waals surface area contributed by atoms with Crippen molar-refractivity contribution in [2.45, 2.75) is 45.4 Å². The number of fused-ring (bicyclic) bond motifs is 1. The summed E-state index contributed by atoms with van der Waals surface area (Å²) < 4.78 is 0. The minimum atomic E-state index is -0.934. The summed E-state index contributed by atoms with van der Waals surface area (Å²) in [4.78, 5) is 35.3. The lowest BCUT2D eigenvalue weighted by atomic mass is 9.88. The van der Waals surface area contributed by atoms with E-state index in [2.05, 4.69) is 17.8 Å². The molecule has 6 nitrogen and oxygen atoms in total. The monoisotopic (exact) mass is 324 g/mol. The molecule has 0 aromatic carbocycles. The maximum atomic E-state index is 12.1. The van der Waals surface area contributed by atoms with Gasteiger partial charge in [-0.1, -0.05) is 6.92 Å². The van der Waals surface area contributed by atoms with Crippen molar-refractivity contribution in [1.82, 2.24) is 10.9 Å². The van der Waals surface area contributed by atoms with E-state index in [9.17, 15) is 14.4 Å². The van der Waals surface area contributed by atoms with Crippen molar-refractivity contribution in [2.75, 3.05) is 0 Å². The Balaban J connectivity index is 1.83. The number of hydrogen-bond donors (Lipinski definition) is 3. The maximum absolute atomic E-state index is 12.1. The van der Waals surface area contributed by atoms with E-state index in [0.29, 0.717) is 11.5 Å². The summed E-state index contributed by atoms with van der Waals surface area (Å²) >= 11 is 1.60. The van der Waals surface area contributed by atoms with Crippen molar-refractivity contribution in [3.63, 3.8) is 0 Å². The van der Waals surface area contributed by atoms with E-state index in [0.717, 1.165) is 24.8 Å². The van der Waals surface area contributed by atoms with E-state index in [-0.39, 0.29) is 31.1 Å². The highest BCUT2D eigenvalue weighted by Crippen LogP contribution is 2.32. The van der Waals surface area contributed by atoms with Gasteiger partial charge in [0, 0.05) is 23.1 Å². The molecule has 2 amide bonds. The SMILES string of the molecule is CC1CCc2c(C(=O)NNC(=O)CCCC(=O)O)csc2C1. The van der Waals surface area contributed by atoms with Crippen LogP contribution >= 0.6 is 11.3 Å². The Bertz CT molecular complexity index is 582. The van der Waals surface area contributed by atoms with Crippen LogP contribution in [-0.2, 0) is 22.4 Å². The lowest BCUT2D eigenvalue weighted by molar-refractivity contribution is -0.137. The molecule has 1 aromatic heterocycles. The summed E-state index contributed by atoms with van der Waals surface area (Å²) in [5.41, 5.74) is 6.47. The van der Waals surface area contributed by atoms with Crippen LogP contribution < -0.4 is 10.9 Å². The van der Waals surface area contributed by atoms with Crippen LogP contribution in [0, 0.1) is 5.92 Å². The number of nitrogens with one attached hydrogen (secondary N) is 2. The first-order chi connectivity index (χ1) is 10.5. The molecule has 0 radical (unpaired) electrons. The van der Waals surface area contributed by atoms with Crippen LogP contribution in [0.5, 0.6) is 0 Å². The molecular weight excluding hydrogens is 304 g/mol. The summed E-state index contributed by atoms with van der Waals surface area (Å²) in [5.74, 6) is -0.974. The molecule has 1 unspecified atom stereocenters. The molecule has 2 rings (SSSR count). The second-order valence-electron chi connectivity index (χ2n) is 5.65. The molecule has 1 aliphatic rings. The highest BCUT2D eigenvalue weighted by Gasteiger charge is 2.23. The van der Waals surface area contributed by atoms with Gasteiger partial charge in [-0.3, -0.25) is 25.2 Å². The Morgan fingerprint density at radius 3 is 2.82 bits per heavy atom. The van der Waals surface area contributed by atoms with Crippen LogP contribution in [0.3, 0.4) is 0 Å². The van der Waals surface area contributed by atoms with Crippen LogP contribution in [0.1, 0.15) is 53.4 Å². The first kappa shape index (κ1) is 16.5. The fraction of sp³-hybridized carbons (Fsp3) is 0.533. The zero-order valence-electron chi connectivity index (χ0n) is 12.5. The summed E-state index contributed by atoms with van der Waals surface area (Å²) in [5, 5.41) is 10.3. The van der Waals surface area contributed by atoms with Crippen LogP contribution in [0.25, 0.3) is 0 Å². The molecule has 0 spiro atoms. The molecule has 1 heterocycles. The Labute approximate surface area is 132 Å². The molecular formula is C15H20N2O4S. The second kappa shape index (κ2) is 7.40. The van der Waals surface area contributed by atoms with Crippen molar-refractivity contribution in [3.8, 4) is 0 Å². The van der Waals surface area contributed by atoms with Crippen LogP contribution in [0.15, 0.2) is 5.38 Å². The van der Waals surface area contributed by atoms with Gasteiger partial charge in [-0.15, -0.1) is 11.3 Å². The number of carbonyl (C=O) groups is 3. The normalized spacial score (nSPS) is 16.7. The summed E-state index contributed by atoms with van der Waals surface area (Å²) in [6, 6.07) is 0. The molecule has 7 heteroatoms. The van der Waals surface area contributed by atoms with E-state index < -0.39 is 5.97 Å². The van der Waals surface area contributed by atoms with E-state index in [4.69, 9.17) is 5.11 Å². The molecule has 0 saturated heterocycles. The van der Waals surface area contributed by atoms with Crippen molar-refractivity contribution >= 4 is 29.1 Å². The van der Waals surface area contributed by atoms with Gasteiger partial charge < -0.3 is 5.11 Å². The number of carboxylic acids is 1. The van der Waals surface area contributed by atoms with E-state index >= 15 is 0 Å². The molecule has 0 saturated carbocycles. The lowest BCUT2D eigenvalue weighted by Crippen LogP contribution is -2.41. The molecule has 1 aliphatic carbocycles. The zero-order chi connectivity index (χ0) is 16.1. The number of amides is 2. The van der Waals surface area contributed by atoms with Gasteiger partial charge in [-0.2, -0.15) is 0 Å². The number of rotatable bonds is 5. The fourth-order valence-corrected chi connectivity index (χ4v) is 3.77. The van der Waals surface area contributed by atoms with Crippen LogP contribution in [0.2, 0.25) is 0 Å². The fourth-order valence-electron chi connectivity index (χ4n) is 2.52. The highest BCUT2D eigenvalue weighted by atomic mass is 32.1. The molecule has 3 N–H and O–H groups in total. The number of hydrogen-bond acceptors (Lipinski definition) is 4. The largest absolute Gasteiger partial charge is 0.481 e. The van der Waals surface area contributed by atoms with Gasteiger partial charge in [0.2, 0.25) is 5.91 Å². The van der Waals surface area contributed by atoms with E-state index in [1.807, 2.05) is 5.38 Å². The number of hydrazine groups is 1. The van der Waals surface area contributed by atoms with Gasteiger partial charge in [0.25, 0.3) is 5.91 Å². The average molecular weight is 324 g/mol. The van der Waals surface area contributed by atoms with Gasteiger partial charge in [0.1, 0.15) is 0 Å². The van der Waals surface area contributed by atoms with Crippen molar-refractivity contribution < 1.29 is 19.5 Å². The minimum absolute atomic E-state index is 0.0579. The Morgan fingerprint density at radius 1 is 1.32 bits per heavy atom. The topological polar surface area (TPSA) is 95.5 Å². The third-order valence-electron chi connectivity index (χ3n) is 3.76.